The molecule has 3 rings (SSSR count). The molecule has 0 spiro atoms. The van der Waals surface area contributed by atoms with Gasteiger partial charge in [-0.1, -0.05) is 11.6 Å². The lowest BCUT2D eigenvalue weighted by molar-refractivity contribution is 1.17. The third-order valence-electron chi connectivity index (χ3n) is 3.02. The zero-order valence-corrected chi connectivity index (χ0v) is 11.5. The van der Waals surface area contributed by atoms with Gasteiger partial charge in [0.25, 0.3) is 5.95 Å². The van der Waals surface area contributed by atoms with Crippen LogP contribution in [0.1, 0.15) is 5.56 Å². The van der Waals surface area contributed by atoms with Gasteiger partial charge < -0.3 is 11.5 Å². The fraction of sp³-hybridized carbons (Fsp3) is 0.0667. The van der Waals surface area contributed by atoms with Gasteiger partial charge in [-0.3, -0.25) is 4.98 Å². The number of nitrogens with zero attached hydrogens (tertiary/aromatic N) is 4. The molecule has 0 aliphatic carbocycles. The Bertz CT molecular complexity index is 822. The second-order valence-corrected chi connectivity index (χ2v) is 4.67. The first kappa shape index (κ1) is 13.0. The van der Waals surface area contributed by atoms with Crippen molar-refractivity contribution in [2.45, 2.75) is 6.92 Å². The summed E-state index contributed by atoms with van der Waals surface area (Å²) in [6.45, 7) is 2.03. The molecular formula is C15H14N6. The molecule has 104 valence electrons. The van der Waals surface area contributed by atoms with Gasteiger partial charge in [-0.25, -0.2) is 9.97 Å². The van der Waals surface area contributed by atoms with Gasteiger partial charge in [0.2, 0.25) is 0 Å². The molecule has 3 aromatic rings. The van der Waals surface area contributed by atoms with E-state index in [2.05, 4.69) is 19.9 Å². The highest BCUT2D eigenvalue weighted by atomic mass is 15.1. The molecule has 2 heterocycles. The summed E-state index contributed by atoms with van der Waals surface area (Å²) >= 11 is 0. The van der Waals surface area contributed by atoms with Gasteiger partial charge in [-0.2, -0.15) is 4.99 Å². The smallest absolute Gasteiger partial charge is 0.253 e. The third-order valence-corrected chi connectivity index (χ3v) is 3.02. The molecule has 0 amide bonds. The van der Waals surface area contributed by atoms with Crippen molar-refractivity contribution < 1.29 is 0 Å². The van der Waals surface area contributed by atoms with Crippen LogP contribution in [-0.2, 0) is 0 Å². The van der Waals surface area contributed by atoms with Crippen LogP contribution >= 0.6 is 0 Å². The van der Waals surface area contributed by atoms with Gasteiger partial charge in [0.05, 0.1) is 11.2 Å². The maximum absolute atomic E-state index is 5.42. The van der Waals surface area contributed by atoms with Crippen molar-refractivity contribution in [1.29, 1.82) is 0 Å². The van der Waals surface area contributed by atoms with Crippen LogP contribution in [0.4, 0.5) is 5.95 Å². The Morgan fingerprint density at radius 3 is 2.52 bits per heavy atom. The third kappa shape index (κ3) is 2.64. The molecule has 0 aliphatic heterocycles. The van der Waals surface area contributed by atoms with Gasteiger partial charge in [0.1, 0.15) is 0 Å². The first-order valence-electron chi connectivity index (χ1n) is 6.42. The molecule has 21 heavy (non-hydrogen) atoms. The maximum atomic E-state index is 5.42. The SMILES string of the molecule is Cc1ccc2nc(N=C(N)N)nc(-c3ccncc3)c2c1. The van der Waals surface area contributed by atoms with Crippen LogP contribution in [0.3, 0.4) is 0 Å². The number of hydrogen-bond donors (Lipinski definition) is 2. The number of fused-ring (bicyclic) bond motifs is 1. The molecule has 0 unspecified atom stereocenters. The summed E-state index contributed by atoms with van der Waals surface area (Å²) in [5, 5.41) is 0.954. The Balaban J connectivity index is 2.33. The molecule has 6 nitrogen and oxygen atoms in total. The largest absolute Gasteiger partial charge is 0.370 e. The van der Waals surface area contributed by atoms with Gasteiger partial charge >= 0.3 is 0 Å². The molecule has 4 N–H and O–H groups in total. The van der Waals surface area contributed by atoms with Gasteiger partial charge in [0, 0.05) is 23.3 Å². The van der Waals surface area contributed by atoms with E-state index in [4.69, 9.17) is 11.5 Å². The van der Waals surface area contributed by atoms with Crippen molar-refractivity contribution in [3.8, 4) is 11.3 Å². The number of rotatable bonds is 2. The highest BCUT2D eigenvalue weighted by molar-refractivity contribution is 5.93. The van der Waals surface area contributed by atoms with E-state index in [0.717, 1.165) is 27.7 Å². The molecule has 2 aromatic heterocycles. The minimum Gasteiger partial charge on any atom is -0.370 e. The number of hydrogen-bond acceptors (Lipinski definition) is 4. The van der Waals surface area contributed by atoms with Crippen molar-refractivity contribution in [2.24, 2.45) is 16.5 Å². The molecule has 0 saturated heterocycles. The summed E-state index contributed by atoms with van der Waals surface area (Å²) in [5.41, 5.74) is 14.5. The molecule has 0 saturated carbocycles. The standard InChI is InChI=1S/C15H14N6/c1-9-2-3-12-11(8-9)13(10-4-6-18-7-5-10)20-15(19-12)21-14(16)17/h2-8H,1H3,(H4,16,17,19,20,21). The molecule has 1 aromatic carbocycles. The van der Waals surface area contributed by atoms with Crippen LogP contribution in [-0.4, -0.2) is 20.9 Å². The van der Waals surface area contributed by atoms with E-state index in [9.17, 15) is 0 Å². The lowest BCUT2D eigenvalue weighted by atomic mass is 10.1. The summed E-state index contributed by atoms with van der Waals surface area (Å²) in [6, 6.07) is 9.75. The second-order valence-electron chi connectivity index (χ2n) is 4.67. The summed E-state index contributed by atoms with van der Waals surface area (Å²) in [5.74, 6) is 0.181. The van der Waals surface area contributed by atoms with Gasteiger partial charge in [-0.05, 0) is 31.2 Å². The molecule has 0 radical (unpaired) electrons. The monoisotopic (exact) mass is 278 g/mol. The van der Waals surface area contributed by atoms with Gasteiger partial charge in [-0.15, -0.1) is 0 Å². The molecule has 0 bridgehead atoms. The van der Waals surface area contributed by atoms with Crippen molar-refractivity contribution in [1.82, 2.24) is 15.0 Å². The summed E-state index contributed by atoms with van der Waals surface area (Å²) in [6.07, 6.45) is 3.44. The Kier molecular flexibility index (Phi) is 3.19. The van der Waals surface area contributed by atoms with Crippen LogP contribution in [0.5, 0.6) is 0 Å². The fourth-order valence-corrected chi connectivity index (χ4v) is 2.13. The first-order chi connectivity index (χ1) is 10.1. The van der Waals surface area contributed by atoms with Crippen LogP contribution < -0.4 is 11.5 Å². The Hall–Kier alpha value is -3.02. The Morgan fingerprint density at radius 2 is 1.81 bits per heavy atom. The van der Waals surface area contributed by atoms with E-state index < -0.39 is 0 Å². The average molecular weight is 278 g/mol. The van der Waals surface area contributed by atoms with E-state index in [0.29, 0.717) is 0 Å². The van der Waals surface area contributed by atoms with Crippen molar-refractivity contribution in [3.63, 3.8) is 0 Å². The minimum absolute atomic E-state index is 0.0675. The molecule has 6 heteroatoms. The summed E-state index contributed by atoms with van der Waals surface area (Å²) in [4.78, 5) is 16.8. The number of aryl methyl sites for hydroxylation is 1. The number of aromatic nitrogens is 3. The zero-order valence-electron chi connectivity index (χ0n) is 11.5. The molecule has 0 aliphatic rings. The van der Waals surface area contributed by atoms with Crippen molar-refractivity contribution >= 4 is 22.8 Å². The first-order valence-corrected chi connectivity index (χ1v) is 6.42. The molecular weight excluding hydrogens is 264 g/mol. The van der Waals surface area contributed by atoms with E-state index >= 15 is 0 Å². The highest BCUT2D eigenvalue weighted by Gasteiger charge is 2.10. The molecule has 0 fully saturated rings. The van der Waals surface area contributed by atoms with Gasteiger partial charge in [0.15, 0.2) is 5.96 Å². The summed E-state index contributed by atoms with van der Waals surface area (Å²) < 4.78 is 0. The topological polar surface area (TPSA) is 103 Å². The Morgan fingerprint density at radius 1 is 1.05 bits per heavy atom. The number of aliphatic imine (C=N–C) groups is 1. The van der Waals surface area contributed by atoms with E-state index in [-0.39, 0.29) is 11.9 Å². The number of pyridine rings is 1. The van der Waals surface area contributed by atoms with E-state index in [1.165, 1.54) is 0 Å². The van der Waals surface area contributed by atoms with E-state index in [1.807, 2.05) is 37.3 Å². The van der Waals surface area contributed by atoms with Crippen LogP contribution in [0.15, 0.2) is 47.7 Å². The minimum atomic E-state index is -0.0675. The van der Waals surface area contributed by atoms with Crippen LogP contribution in [0.25, 0.3) is 22.2 Å². The van der Waals surface area contributed by atoms with Crippen LogP contribution in [0.2, 0.25) is 0 Å². The summed E-state index contributed by atoms with van der Waals surface area (Å²) in [7, 11) is 0. The quantitative estimate of drug-likeness (QED) is 0.550. The van der Waals surface area contributed by atoms with Crippen LogP contribution in [0, 0.1) is 6.92 Å². The highest BCUT2D eigenvalue weighted by Crippen LogP contribution is 2.28. The predicted molar refractivity (Wildman–Crippen MR) is 83.0 cm³/mol. The lowest BCUT2D eigenvalue weighted by Gasteiger charge is -2.07. The maximum Gasteiger partial charge on any atom is 0.253 e. The lowest BCUT2D eigenvalue weighted by Crippen LogP contribution is -2.22. The average Bonchev–Trinajstić information content (AvgIpc) is 2.47. The Labute approximate surface area is 121 Å². The number of nitrogens with two attached hydrogens (primary N) is 2. The van der Waals surface area contributed by atoms with E-state index in [1.54, 1.807) is 12.4 Å². The fourth-order valence-electron chi connectivity index (χ4n) is 2.13. The normalized spacial score (nSPS) is 10.5. The number of guanidine groups is 1. The zero-order chi connectivity index (χ0) is 14.8. The predicted octanol–water partition coefficient (Wildman–Crippen LogP) is 1.91. The second kappa shape index (κ2) is 5.16. The van der Waals surface area contributed by atoms with Crippen molar-refractivity contribution in [2.75, 3.05) is 0 Å². The molecule has 0 atom stereocenters. The number of benzene rings is 1. The van der Waals surface area contributed by atoms with Crippen molar-refractivity contribution in [3.05, 3.63) is 48.3 Å².